The molecule has 0 aromatic rings. The Balaban J connectivity index is 4.00. The summed E-state index contributed by atoms with van der Waals surface area (Å²) in [7, 11) is -1.51. The Hall–Kier alpha value is 0.177. The van der Waals surface area contributed by atoms with Gasteiger partial charge in [-0.25, -0.2) is 0 Å². The van der Waals surface area contributed by atoms with Crippen molar-refractivity contribution in [3.63, 3.8) is 0 Å². The Kier molecular flexibility index (Phi) is 3.78. The molecule has 0 heterocycles. The Morgan fingerprint density at radius 2 is 1.73 bits per heavy atom. The molecule has 2 heteroatoms. The first-order valence-electron chi connectivity index (χ1n) is 4.15. The average Bonchev–Trinajstić information content (AvgIpc) is 1.81. The minimum absolute atomic E-state index is 0.308. The van der Waals surface area contributed by atoms with Crippen molar-refractivity contribution in [2.24, 2.45) is 0 Å². The third-order valence-corrected chi connectivity index (χ3v) is 6.93. The highest BCUT2D eigenvalue weighted by molar-refractivity contribution is 6.74. The van der Waals surface area contributed by atoms with E-state index in [-0.39, 0.29) is 0 Å². The van der Waals surface area contributed by atoms with E-state index < -0.39 is 8.32 Å². The monoisotopic (exact) mass is 172 g/mol. The second-order valence-corrected chi connectivity index (χ2v) is 9.21. The second kappa shape index (κ2) is 3.72. The highest BCUT2D eigenvalue weighted by atomic mass is 28.4. The predicted octanol–water partition coefficient (Wildman–Crippen LogP) is 3.11. The van der Waals surface area contributed by atoms with Crippen molar-refractivity contribution in [3.8, 4) is 0 Å². The van der Waals surface area contributed by atoms with Crippen LogP contribution in [0.25, 0.3) is 0 Å². The van der Waals surface area contributed by atoms with Gasteiger partial charge < -0.3 is 4.43 Å². The van der Waals surface area contributed by atoms with Gasteiger partial charge in [0.15, 0.2) is 8.32 Å². The van der Waals surface area contributed by atoms with Crippen molar-refractivity contribution in [1.82, 2.24) is 0 Å². The molecule has 0 aliphatic rings. The standard InChI is InChI=1S/C9H20OSi/c1-7-8-10-11(5,6)9(2,3)4/h1H,7-8H2,2-6H3. The molecule has 0 atom stereocenters. The van der Waals surface area contributed by atoms with Crippen molar-refractivity contribution in [3.05, 3.63) is 6.92 Å². The van der Waals surface area contributed by atoms with Crippen molar-refractivity contribution in [1.29, 1.82) is 0 Å². The second-order valence-electron chi connectivity index (χ2n) is 4.40. The quantitative estimate of drug-likeness (QED) is 0.594. The zero-order valence-electron chi connectivity index (χ0n) is 8.40. The molecular formula is C9H20OSi. The van der Waals surface area contributed by atoms with Crippen LogP contribution in [0.5, 0.6) is 0 Å². The lowest BCUT2D eigenvalue weighted by Crippen LogP contribution is -2.40. The maximum absolute atomic E-state index is 5.76. The molecule has 1 nitrogen and oxygen atoms in total. The lowest BCUT2D eigenvalue weighted by Gasteiger charge is -2.36. The van der Waals surface area contributed by atoms with Crippen LogP contribution in [0.1, 0.15) is 27.2 Å². The molecule has 0 saturated heterocycles. The predicted molar refractivity (Wildman–Crippen MR) is 52.1 cm³/mol. The van der Waals surface area contributed by atoms with Gasteiger partial charge in [0.25, 0.3) is 0 Å². The summed E-state index contributed by atoms with van der Waals surface area (Å²) in [6.45, 7) is 17.3. The van der Waals surface area contributed by atoms with Gasteiger partial charge in [0, 0.05) is 6.61 Å². The maximum Gasteiger partial charge on any atom is 0.191 e. The topological polar surface area (TPSA) is 9.23 Å². The molecular weight excluding hydrogens is 152 g/mol. The van der Waals surface area contributed by atoms with Crippen LogP contribution in [0.15, 0.2) is 0 Å². The third-order valence-electron chi connectivity index (χ3n) is 2.39. The van der Waals surface area contributed by atoms with Gasteiger partial charge in [0.2, 0.25) is 0 Å². The number of hydrogen-bond acceptors (Lipinski definition) is 1. The summed E-state index contributed by atoms with van der Waals surface area (Å²) in [6.07, 6.45) is 0.631. The molecule has 0 aromatic heterocycles. The molecule has 0 unspecified atom stereocenters. The molecule has 0 aliphatic heterocycles. The average molecular weight is 172 g/mol. The highest BCUT2D eigenvalue weighted by Crippen LogP contribution is 2.36. The normalized spacial score (nSPS) is 13.6. The smallest absolute Gasteiger partial charge is 0.191 e. The van der Waals surface area contributed by atoms with Crippen LogP contribution in [-0.2, 0) is 4.43 Å². The van der Waals surface area contributed by atoms with Gasteiger partial charge in [-0.2, -0.15) is 0 Å². The van der Waals surface area contributed by atoms with E-state index in [2.05, 4.69) is 33.9 Å². The van der Waals surface area contributed by atoms with E-state index in [9.17, 15) is 0 Å². The van der Waals surface area contributed by atoms with E-state index in [4.69, 9.17) is 11.3 Å². The molecule has 0 N–H and O–H groups in total. The van der Waals surface area contributed by atoms with Crippen molar-refractivity contribution < 1.29 is 4.43 Å². The van der Waals surface area contributed by atoms with E-state index >= 15 is 0 Å². The van der Waals surface area contributed by atoms with Gasteiger partial charge in [-0.15, -0.1) is 0 Å². The molecule has 0 spiro atoms. The SMILES string of the molecule is [CH]CCO[Si](C)(C)C(C)(C)C. The van der Waals surface area contributed by atoms with E-state index in [0.717, 1.165) is 0 Å². The molecule has 0 saturated carbocycles. The van der Waals surface area contributed by atoms with Crippen LogP contribution < -0.4 is 0 Å². The number of rotatable bonds is 3. The van der Waals surface area contributed by atoms with Gasteiger partial charge in [0.1, 0.15) is 0 Å². The summed E-state index contributed by atoms with van der Waals surface area (Å²) in [6, 6.07) is 0. The molecule has 0 amide bonds. The third kappa shape index (κ3) is 3.39. The van der Waals surface area contributed by atoms with Crippen molar-refractivity contribution in [2.45, 2.75) is 45.3 Å². The van der Waals surface area contributed by atoms with Crippen LogP contribution in [0, 0.1) is 6.92 Å². The fourth-order valence-corrected chi connectivity index (χ4v) is 1.59. The summed E-state index contributed by atoms with van der Waals surface area (Å²) in [5, 5.41) is 0.308. The maximum atomic E-state index is 5.76. The largest absolute Gasteiger partial charge is 0.417 e. The summed E-state index contributed by atoms with van der Waals surface area (Å²) >= 11 is 0. The lowest BCUT2D eigenvalue weighted by atomic mass is 10.2. The van der Waals surface area contributed by atoms with Gasteiger partial charge in [-0.3, -0.25) is 0 Å². The number of hydrogen-bond donors (Lipinski definition) is 0. The van der Waals surface area contributed by atoms with Gasteiger partial charge >= 0.3 is 0 Å². The zero-order valence-corrected chi connectivity index (χ0v) is 9.40. The summed E-state index contributed by atoms with van der Waals surface area (Å²) < 4.78 is 5.76. The van der Waals surface area contributed by atoms with Crippen LogP contribution in [0.4, 0.5) is 0 Å². The van der Waals surface area contributed by atoms with Gasteiger partial charge in [0.05, 0.1) is 0 Å². The highest BCUT2D eigenvalue weighted by Gasteiger charge is 2.36. The van der Waals surface area contributed by atoms with Crippen LogP contribution in [-0.4, -0.2) is 14.9 Å². The zero-order chi connectivity index (χ0) is 9.12. The first-order valence-corrected chi connectivity index (χ1v) is 7.06. The minimum atomic E-state index is -1.51. The van der Waals surface area contributed by atoms with E-state index in [1.807, 2.05) is 0 Å². The molecule has 0 aromatic carbocycles. The van der Waals surface area contributed by atoms with Crippen LogP contribution in [0.2, 0.25) is 18.1 Å². The molecule has 0 bridgehead atoms. The van der Waals surface area contributed by atoms with E-state index in [0.29, 0.717) is 18.1 Å². The van der Waals surface area contributed by atoms with Gasteiger partial charge in [-0.05, 0) is 31.5 Å². The Bertz CT molecular complexity index is 113. The van der Waals surface area contributed by atoms with Gasteiger partial charge in [-0.1, -0.05) is 20.8 Å². The minimum Gasteiger partial charge on any atom is -0.417 e. The van der Waals surface area contributed by atoms with E-state index in [1.54, 1.807) is 0 Å². The van der Waals surface area contributed by atoms with Crippen LogP contribution >= 0.6 is 0 Å². The molecule has 11 heavy (non-hydrogen) atoms. The molecule has 0 aliphatic carbocycles. The van der Waals surface area contributed by atoms with Crippen LogP contribution in [0.3, 0.4) is 0 Å². The lowest BCUT2D eigenvalue weighted by molar-refractivity contribution is 0.294. The summed E-state index contributed by atoms with van der Waals surface area (Å²) in [5.41, 5.74) is 0. The first kappa shape index (κ1) is 11.2. The Morgan fingerprint density at radius 1 is 1.27 bits per heavy atom. The fraction of sp³-hybridized carbons (Fsp3) is 0.889. The Morgan fingerprint density at radius 3 is 2.00 bits per heavy atom. The molecule has 66 valence electrons. The molecule has 2 radical (unpaired) electrons. The first-order chi connectivity index (χ1) is 4.81. The molecule has 0 fully saturated rings. The molecule has 0 rings (SSSR count). The van der Waals surface area contributed by atoms with Crippen molar-refractivity contribution in [2.75, 3.05) is 6.61 Å². The fourth-order valence-electron chi connectivity index (χ4n) is 0.531. The summed E-state index contributed by atoms with van der Waals surface area (Å²) in [4.78, 5) is 0. The van der Waals surface area contributed by atoms with Crippen molar-refractivity contribution >= 4 is 8.32 Å². The summed E-state index contributed by atoms with van der Waals surface area (Å²) in [5.74, 6) is 0. The van der Waals surface area contributed by atoms with E-state index in [1.165, 1.54) is 0 Å². The Labute approximate surface area is 72.3 Å².